The van der Waals surface area contributed by atoms with Gasteiger partial charge in [0.2, 0.25) is 0 Å². The maximum Gasteiger partial charge on any atom is 0.260 e. The molecule has 5 heterocycles. The fourth-order valence-electron chi connectivity index (χ4n) is 3.48. The second-order valence-electron chi connectivity index (χ2n) is 7.81. The van der Waals surface area contributed by atoms with Crippen LogP contribution >= 0.6 is 23.1 Å². The molecular formula is C22H21N5O3S2. The Morgan fingerprint density at radius 2 is 1.88 bits per heavy atom. The van der Waals surface area contributed by atoms with Crippen LogP contribution in [0.1, 0.15) is 31.8 Å². The van der Waals surface area contributed by atoms with Crippen LogP contribution < -0.4 is 5.56 Å². The van der Waals surface area contributed by atoms with Crippen LogP contribution in [-0.2, 0) is 6.54 Å². The SMILES string of the molecule is CC(C)Cn1c(SC(C)c2nc3scc(-c4ccco4)c3c(=O)[nH]2)nnc1-c1ccco1. The van der Waals surface area contributed by atoms with Crippen molar-refractivity contribution < 1.29 is 8.83 Å². The zero-order valence-electron chi connectivity index (χ0n) is 17.7. The molecule has 0 aromatic carbocycles. The summed E-state index contributed by atoms with van der Waals surface area (Å²) >= 11 is 2.94. The van der Waals surface area contributed by atoms with Crippen molar-refractivity contribution in [1.82, 2.24) is 24.7 Å². The topological polar surface area (TPSA) is 103 Å². The van der Waals surface area contributed by atoms with E-state index >= 15 is 0 Å². The fourth-order valence-corrected chi connectivity index (χ4v) is 5.33. The molecule has 1 unspecified atom stereocenters. The first-order valence-electron chi connectivity index (χ1n) is 10.2. The van der Waals surface area contributed by atoms with Gasteiger partial charge in [-0.25, -0.2) is 4.98 Å². The minimum Gasteiger partial charge on any atom is -0.464 e. The van der Waals surface area contributed by atoms with Crippen molar-refractivity contribution in [2.24, 2.45) is 5.92 Å². The molecule has 0 spiro atoms. The van der Waals surface area contributed by atoms with E-state index in [0.717, 1.165) is 17.3 Å². The molecule has 32 heavy (non-hydrogen) atoms. The van der Waals surface area contributed by atoms with E-state index < -0.39 is 0 Å². The largest absolute Gasteiger partial charge is 0.464 e. The number of hydrogen-bond donors (Lipinski definition) is 1. The van der Waals surface area contributed by atoms with E-state index in [1.807, 2.05) is 30.5 Å². The van der Waals surface area contributed by atoms with Gasteiger partial charge in [0.1, 0.15) is 16.4 Å². The molecule has 0 fully saturated rings. The molecule has 0 radical (unpaired) electrons. The van der Waals surface area contributed by atoms with Crippen molar-refractivity contribution >= 4 is 33.3 Å². The van der Waals surface area contributed by atoms with Crippen molar-refractivity contribution in [3.05, 3.63) is 58.4 Å². The quantitative estimate of drug-likeness (QED) is 0.311. The molecule has 5 rings (SSSR count). The third-order valence-corrected chi connectivity index (χ3v) is 6.88. The molecule has 1 N–H and O–H groups in total. The maximum absolute atomic E-state index is 12.9. The lowest BCUT2D eigenvalue weighted by Gasteiger charge is -2.14. The average Bonchev–Trinajstić information content (AvgIpc) is 3.54. The molecule has 0 aliphatic carbocycles. The van der Waals surface area contributed by atoms with Crippen LogP contribution in [0, 0.1) is 5.92 Å². The van der Waals surface area contributed by atoms with Gasteiger partial charge in [0.15, 0.2) is 16.7 Å². The Balaban J connectivity index is 1.48. The first-order chi connectivity index (χ1) is 15.5. The van der Waals surface area contributed by atoms with Crippen LogP contribution in [0.25, 0.3) is 33.1 Å². The predicted molar refractivity (Wildman–Crippen MR) is 125 cm³/mol. The molecule has 164 valence electrons. The summed E-state index contributed by atoms with van der Waals surface area (Å²) < 4.78 is 13.1. The molecule has 0 aliphatic heterocycles. The van der Waals surface area contributed by atoms with E-state index in [1.165, 1.54) is 23.1 Å². The number of nitrogens with zero attached hydrogens (tertiary/aromatic N) is 4. The van der Waals surface area contributed by atoms with Crippen LogP contribution in [0.5, 0.6) is 0 Å². The summed E-state index contributed by atoms with van der Waals surface area (Å²) in [5.74, 6) is 3.02. The Bertz CT molecular complexity index is 1400. The smallest absolute Gasteiger partial charge is 0.260 e. The summed E-state index contributed by atoms with van der Waals surface area (Å²) in [5.41, 5.74) is 0.584. The zero-order chi connectivity index (χ0) is 22.2. The Morgan fingerprint density at radius 3 is 2.56 bits per heavy atom. The molecule has 0 saturated carbocycles. The second kappa shape index (κ2) is 8.44. The van der Waals surface area contributed by atoms with Gasteiger partial charge < -0.3 is 13.8 Å². The highest BCUT2D eigenvalue weighted by Crippen LogP contribution is 2.36. The van der Waals surface area contributed by atoms with Gasteiger partial charge in [-0.3, -0.25) is 9.36 Å². The highest BCUT2D eigenvalue weighted by Gasteiger charge is 2.22. The lowest BCUT2D eigenvalue weighted by atomic mass is 10.2. The standard InChI is InChI=1S/C22H21N5O3S2/c1-12(2)10-27-19(16-7-5-9-30-16)25-26-22(27)32-13(3)18-23-20(28)17-14(11-31-21(17)24-18)15-6-4-8-29-15/h4-9,11-13H,10H2,1-3H3,(H,23,24,28). The summed E-state index contributed by atoms with van der Waals surface area (Å²) in [6.07, 6.45) is 3.22. The van der Waals surface area contributed by atoms with Gasteiger partial charge in [0.05, 0.1) is 23.2 Å². The van der Waals surface area contributed by atoms with Crippen LogP contribution in [-0.4, -0.2) is 24.7 Å². The number of thioether (sulfide) groups is 1. The minimum absolute atomic E-state index is 0.138. The number of H-pyrrole nitrogens is 1. The lowest BCUT2D eigenvalue weighted by molar-refractivity contribution is 0.489. The number of thiophene rings is 1. The number of rotatable bonds is 7. The Kier molecular flexibility index (Phi) is 5.48. The average molecular weight is 468 g/mol. The third-order valence-electron chi connectivity index (χ3n) is 4.92. The van der Waals surface area contributed by atoms with Gasteiger partial charge in [0.25, 0.3) is 5.56 Å². The molecule has 0 bridgehead atoms. The molecule has 0 amide bonds. The number of aromatic nitrogens is 5. The van der Waals surface area contributed by atoms with Crippen LogP contribution in [0.4, 0.5) is 0 Å². The van der Waals surface area contributed by atoms with E-state index in [9.17, 15) is 4.79 Å². The van der Waals surface area contributed by atoms with Gasteiger partial charge in [-0.1, -0.05) is 25.6 Å². The number of fused-ring (bicyclic) bond motifs is 1. The number of nitrogens with one attached hydrogen (secondary N) is 1. The summed E-state index contributed by atoms with van der Waals surface area (Å²) in [5, 5.41) is 11.8. The fraction of sp³-hybridized carbons (Fsp3) is 0.273. The normalized spacial score (nSPS) is 12.8. The molecule has 5 aromatic rings. The molecule has 10 heteroatoms. The van der Waals surface area contributed by atoms with E-state index in [1.54, 1.807) is 18.6 Å². The minimum atomic E-state index is -0.176. The second-order valence-corrected chi connectivity index (χ2v) is 9.97. The molecule has 1 atom stereocenters. The van der Waals surface area contributed by atoms with Crippen molar-refractivity contribution in [1.29, 1.82) is 0 Å². The summed E-state index contributed by atoms with van der Waals surface area (Å²) in [4.78, 5) is 21.3. The van der Waals surface area contributed by atoms with Crippen molar-refractivity contribution in [2.75, 3.05) is 0 Å². The van der Waals surface area contributed by atoms with Crippen molar-refractivity contribution in [2.45, 2.75) is 37.7 Å². The van der Waals surface area contributed by atoms with Gasteiger partial charge in [0, 0.05) is 17.5 Å². The molecule has 0 saturated heterocycles. The first kappa shape index (κ1) is 20.8. The number of hydrogen-bond acceptors (Lipinski definition) is 8. The molecule has 5 aromatic heterocycles. The highest BCUT2D eigenvalue weighted by molar-refractivity contribution is 7.99. The predicted octanol–water partition coefficient (Wildman–Crippen LogP) is 5.61. The Morgan fingerprint density at radius 1 is 1.12 bits per heavy atom. The van der Waals surface area contributed by atoms with E-state index in [0.29, 0.717) is 39.3 Å². The van der Waals surface area contributed by atoms with E-state index in [2.05, 4.69) is 33.6 Å². The van der Waals surface area contributed by atoms with E-state index in [-0.39, 0.29) is 10.8 Å². The molecular weight excluding hydrogens is 446 g/mol. The monoisotopic (exact) mass is 467 g/mol. The van der Waals surface area contributed by atoms with Gasteiger partial charge in [-0.05, 0) is 37.1 Å². The maximum atomic E-state index is 12.9. The number of aromatic amines is 1. The molecule has 8 nitrogen and oxygen atoms in total. The lowest BCUT2D eigenvalue weighted by Crippen LogP contribution is -2.13. The van der Waals surface area contributed by atoms with Gasteiger partial charge in [-0.2, -0.15) is 0 Å². The van der Waals surface area contributed by atoms with Crippen molar-refractivity contribution in [3.8, 4) is 22.9 Å². The number of furan rings is 2. The summed E-state index contributed by atoms with van der Waals surface area (Å²) in [6.45, 7) is 7.03. The van der Waals surface area contributed by atoms with E-state index in [4.69, 9.17) is 13.8 Å². The Labute approximate surface area is 191 Å². The van der Waals surface area contributed by atoms with Gasteiger partial charge in [-0.15, -0.1) is 21.5 Å². The Hall–Kier alpha value is -3.11. The van der Waals surface area contributed by atoms with Gasteiger partial charge >= 0.3 is 0 Å². The zero-order valence-corrected chi connectivity index (χ0v) is 19.4. The van der Waals surface area contributed by atoms with Crippen LogP contribution in [0.2, 0.25) is 0 Å². The van der Waals surface area contributed by atoms with Crippen molar-refractivity contribution in [3.63, 3.8) is 0 Å². The highest BCUT2D eigenvalue weighted by atomic mass is 32.2. The third kappa shape index (κ3) is 3.80. The first-order valence-corrected chi connectivity index (χ1v) is 12.0. The van der Waals surface area contributed by atoms with Crippen LogP contribution in [0.3, 0.4) is 0 Å². The summed E-state index contributed by atoms with van der Waals surface area (Å²) in [7, 11) is 0. The van der Waals surface area contributed by atoms with Crippen LogP contribution in [0.15, 0.2) is 61.0 Å². The summed E-state index contributed by atoms with van der Waals surface area (Å²) in [6, 6.07) is 7.35. The molecule has 0 aliphatic rings.